The Morgan fingerprint density at radius 1 is 1.37 bits per heavy atom. The molecule has 1 N–H and O–H groups in total. The van der Waals surface area contributed by atoms with E-state index in [2.05, 4.69) is 41.5 Å². The van der Waals surface area contributed by atoms with Gasteiger partial charge in [0.2, 0.25) is 0 Å². The van der Waals surface area contributed by atoms with Gasteiger partial charge in [-0.25, -0.2) is 4.98 Å². The molecule has 0 unspecified atom stereocenters. The molecule has 0 atom stereocenters. The number of benzene rings is 1. The molecule has 19 heavy (non-hydrogen) atoms. The van der Waals surface area contributed by atoms with E-state index >= 15 is 0 Å². The molecule has 0 saturated carbocycles. The normalized spacial score (nSPS) is 10.4. The molecule has 0 bridgehead atoms. The molecule has 0 aliphatic carbocycles. The van der Waals surface area contributed by atoms with Gasteiger partial charge in [-0.1, -0.05) is 29.8 Å². The zero-order valence-corrected chi connectivity index (χ0v) is 11.4. The van der Waals surface area contributed by atoms with Crippen molar-refractivity contribution < 1.29 is 0 Å². The van der Waals surface area contributed by atoms with Gasteiger partial charge in [-0.05, 0) is 25.8 Å². The average molecular weight is 257 g/mol. The van der Waals surface area contributed by atoms with E-state index in [1.165, 1.54) is 11.1 Å². The molecule has 2 rings (SSSR count). The first-order valence-electron chi connectivity index (χ1n) is 6.55. The van der Waals surface area contributed by atoms with Crippen molar-refractivity contribution in [1.82, 2.24) is 9.55 Å². The predicted molar refractivity (Wildman–Crippen MR) is 77.5 cm³/mol. The maximum absolute atomic E-state index is 11.9. The van der Waals surface area contributed by atoms with Gasteiger partial charge in [-0.15, -0.1) is 0 Å². The van der Waals surface area contributed by atoms with Gasteiger partial charge < -0.3 is 9.88 Å². The van der Waals surface area contributed by atoms with Crippen molar-refractivity contribution in [3.05, 3.63) is 58.1 Å². The molecule has 1 aromatic carbocycles. The van der Waals surface area contributed by atoms with E-state index < -0.39 is 0 Å². The van der Waals surface area contributed by atoms with E-state index in [-0.39, 0.29) is 5.56 Å². The summed E-state index contributed by atoms with van der Waals surface area (Å²) in [5, 5.41) is 3.11. The SMILES string of the molecule is CCn1ccnc(NCCc2cccc(C)c2)c1=O. The molecule has 1 aromatic heterocycles. The number of rotatable bonds is 5. The van der Waals surface area contributed by atoms with Crippen molar-refractivity contribution in [3.63, 3.8) is 0 Å². The summed E-state index contributed by atoms with van der Waals surface area (Å²) < 4.78 is 1.64. The van der Waals surface area contributed by atoms with E-state index in [4.69, 9.17) is 0 Å². The third-order valence-electron chi connectivity index (χ3n) is 3.04. The highest BCUT2D eigenvalue weighted by molar-refractivity contribution is 5.31. The summed E-state index contributed by atoms with van der Waals surface area (Å²) in [6.07, 6.45) is 4.23. The van der Waals surface area contributed by atoms with Gasteiger partial charge in [0.05, 0.1) is 0 Å². The molecule has 1 heterocycles. The van der Waals surface area contributed by atoms with Gasteiger partial charge in [0.1, 0.15) is 0 Å². The van der Waals surface area contributed by atoms with Gasteiger partial charge in [-0.2, -0.15) is 0 Å². The molecule has 0 amide bonds. The zero-order chi connectivity index (χ0) is 13.7. The first-order chi connectivity index (χ1) is 9.20. The Bertz CT molecular complexity index is 604. The smallest absolute Gasteiger partial charge is 0.293 e. The van der Waals surface area contributed by atoms with Crippen molar-refractivity contribution in [1.29, 1.82) is 0 Å². The first kappa shape index (κ1) is 13.3. The number of nitrogens with one attached hydrogen (secondary N) is 1. The van der Waals surface area contributed by atoms with Crippen LogP contribution in [0.3, 0.4) is 0 Å². The van der Waals surface area contributed by atoms with Crippen molar-refractivity contribution in [2.45, 2.75) is 26.8 Å². The molecule has 0 saturated heterocycles. The summed E-state index contributed by atoms with van der Waals surface area (Å²) >= 11 is 0. The van der Waals surface area contributed by atoms with Crippen LogP contribution < -0.4 is 10.9 Å². The lowest BCUT2D eigenvalue weighted by Gasteiger charge is -2.07. The summed E-state index contributed by atoms with van der Waals surface area (Å²) in [7, 11) is 0. The second kappa shape index (κ2) is 6.18. The van der Waals surface area contributed by atoms with E-state index in [1.54, 1.807) is 17.0 Å². The number of aromatic nitrogens is 2. The number of nitrogens with zero attached hydrogens (tertiary/aromatic N) is 2. The van der Waals surface area contributed by atoms with Crippen LogP contribution in [-0.2, 0) is 13.0 Å². The van der Waals surface area contributed by atoms with Gasteiger partial charge in [0.25, 0.3) is 5.56 Å². The molecule has 0 radical (unpaired) electrons. The third-order valence-corrected chi connectivity index (χ3v) is 3.04. The van der Waals surface area contributed by atoms with E-state index in [9.17, 15) is 4.79 Å². The van der Waals surface area contributed by atoms with Crippen LogP contribution in [0.25, 0.3) is 0 Å². The van der Waals surface area contributed by atoms with Gasteiger partial charge in [-0.3, -0.25) is 4.79 Å². The summed E-state index contributed by atoms with van der Waals surface area (Å²) in [5.41, 5.74) is 2.46. The fourth-order valence-corrected chi connectivity index (χ4v) is 2.01. The molecule has 4 nitrogen and oxygen atoms in total. The van der Waals surface area contributed by atoms with Crippen LogP contribution in [0.15, 0.2) is 41.5 Å². The second-order valence-corrected chi connectivity index (χ2v) is 4.53. The number of anilines is 1. The molecule has 0 aliphatic heterocycles. The van der Waals surface area contributed by atoms with Crippen LogP contribution >= 0.6 is 0 Å². The van der Waals surface area contributed by atoms with E-state index in [0.29, 0.717) is 18.9 Å². The topological polar surface area (TPSA) is 46.9 Å². The molecule has 4 heteroatoms. The Labute approximate surface area is 113 Å². The van der Waals surface area contributed by atoms with Gasteiger partial charge >= 0.3 is 0 Å². The minimum atomic E-state index is -0.0609. The van der Waals surface area contributed by atoms with E-state index in [1.807, 2.05) is 6.92 Å². The Balaban J connectivity index is 1.98. The summed E-state index contributed by atoms with van der Waals surface area (Å²) in [6.45, 7) is 5.39. The van der Waals surface area contributed by atoms with Crippen LogP contribution in [0.2, 0.25) is 0 Å². The molecule has 2 aromatic rings. The van der Waals surface area contributed by atoms with Crippen molar-refractivity contribution in [2.24, 2.45) is 0 Å². The molecular formula is C15H19N3O. The monoisotopic (exact) mass is 257 g/mol. The van der Waals surface area contributed by atoms with Crippen molar-refractivity contribution >= 4 is 5.82 Å². The Kier molecular flexibility index (Phi) is 4.34. The number of aryl methyl sites for hydroxylation is 2. The largest absolute Gasteiger partial charge is 0.365 e. The van der Waals surface area contributed by atoms with Crippen LogP contribution in [0.5, 0.6) is 0 Å². The lowest BCUT2D eigenvalue weighted by molar-refractivity contribution is 0.718. The van der Waals surface area contributed by atoms with E-state index in [0.717, 1.165) is 6.42 Å². The number of hydrogen-bond donors (Lipinski definition) is 1. The fourth-order valence-electron chi connectivity index (χ4n) is 2.01. The lowest BCUT2D eigenvalue weighted by atomic mass is 10.1. The maximum Gasteiger partial charge on any atom is 0.293 e. The second-order valence-electron chi connectivity index (χ2n) is 4.53. The maximum atomic E-state index is 11.9. The van der Waals surface area contributed by atoms with Crippen molar-refractivity contribution in [2.75, 3.05) is 11.9 Å². The van der Waals surface area contributed by atoms with Gasteiger partial charge in [0, 0.05) is 25.5 Å². The third kappa shape index (κ3) is 3.44. The Morgan fingerprint density at radius 3 is 2.95 bits per heavy atom. The minimum absolute atomic E-state index is 0.0609. The highest BCUT2D eigenvalue weighted by Gasteiger charge is 2.02. The quantitative estimate of drug-likeness (QED) is 0.893. The molecule has 0 spiro atoms. The Morgan fingerprint density at radius 2 is 2.21 bits per heavy atom. The van der Waals surface area contributed by atoms with Crippen LogP contribution in [0, 0.1) is 6.92 Å². The molecular weight excluding hydrogens is 238 g/mol. The lowest BCUT2D eigenvalue weighted by Crippen LogP contribution is -2.24. The van der Waals surface area contributed by atoms with Crippen LogP contribution in [-0.4, -0.2) is 16.1 Å². The molecule has 0 fully saturated rings. The standard InChI is InChI=1S/C15H19N3O/c1-3-18-10-9-17-14(15(18)19)16-8-7-13-6-4-5-12(2)11-13/h4-6,9-11H,3,7-8H2,1-2H3,(H,16,17). The van der Waals surface area contributed by atoms with Crippen LogP contribution in [0.1, 0.15) is 18.1 Å². The molecule has 0 aliphatic rings. The van der Waals surface area contributed by atoms with Gasteiger partial charge in [0.15, 0.2) is 5.82 Å². The molecule has 100 valence electrons. The highest BCUT2D eigenvalue weighted by Crippen LogP contribution is 2.04. The summed E-state index contributed by atoms with van der Waals surface area (Å²) in [4.78, 5) is 16.0. The fraction of sp³-hybridized carbons (Fsp3) is 0.333. The number of hydrogen-bond acceptors (Lipinski definition) is 3. The highest BCUT2D eigenvalue weighted by atomic mass is 16.1. The zero-order valence-electron chi connectivity index (χ0n) is 11.4. The Hall–Kier alpha value is -2.10. The average Bonchev–Trinajstić information content (AvgIpc) is 2.41. The van der Waals surface area contributed by atoms with Crippen LogP contribution in [0.4, 0.5) is 5.82 Å². The minimum Gasteiger partial charge on any atom is -0.365 e. The predicted octanol–water partition coefficient (Wildman–Crippen LogP) is 2.23. The summed E-state index contributed by atoms with van der Waals surface area (Å²) in [6, 6.07) is 8.38. The summed E-state index contributed by atoms with van der Waals surface area (Å²) in [5.74, 6) is 0.428. The van der Waals surface area contributed by atoms with Crippen molar-refractivity contribution in [3.8, 4) is 0 Å². The first-order valence-corrected chi connectivity index (χ1v) is 6.55.